The smallest absolute Gasteiger partial charge is 0.209 e. The summed E-state index contributed by atoms with van der Waals surface area (Å²) in [6, 6.07) is 18.8. The number of pyridine rings is 1. The predicted molar refractivity (Wildman–Crippen MR) is 120 cm³/mol. The van der Waals surface area contributed by atoms with Crippen LogP contribution >= 0.6 is 12.2 Å². The largest absolute Gasteiger partial charge is 0.381 e. The topological polar surface area (TPSA) is 48.1 Å². The quantitative estimate of drug-likeness (QED) is 0.423. The summed E-state index contributed by atoms with van der Waals surface area (Å²) in [6.07, 6.45) is 3.68. The highest BCUT2D eigenvalue weighted by Gasteiger charge is 2.32. The molecule has 1 fully saturated rings. The van der Waals surface area contributed by atoms with Crippen molar-refractivity contribution in [1.29, 1.82) is 0 Å². The zero-order valence-electron chi connectivity index (χ0n) is 16.6. The number of carbonyl (C=O) groups excluding carboxylic acids is 1. The number of piperidine rings is 1. The van der Waals surface area contributed by atoms with Gasteiger partial charge in [-0.2, -0.15) is 0 Å². The molecule has 2 aromatic carbocycles. The second-order valence-corrected chi connectivity index (χ2v) is 8.10. The van der Waals surface area contributed by atoms with Gasteiger partial charge in [0.2, 0.25) is 6.41 Å². The zero-order valence-corrected chi connectivity index (χ0v) is 17.4. The van der Waals surface area contributed by atoms with Gasteiger partial charge in [-0.1, -0.05) is 54.7 Å². The summed E-state index contributed by atoms with van der Waals surface area (Å²) in [6.45, 7) is 1.98. The predicted octanol–water partition coefficient (Wildman–Crippen LogP) is 5.22. The first-order chi connectivity index (χ1) is 14.6. The van der Waals surface area contributed by atoms with Crippen LogP contribution < -0.4 is 5.32 Å². The van der Waals surface area contributed by atoms with E-state index in [2.05, 4.69) is 22.4 Å². The van der Waals surface area contributed by atoms with Crippen molar-refractivity contribution in [2.24, 2.45) is 0 Å². The van der Waals surface area contributed by atoms with Crippen molar-refractivity contribution in [3.05, 3.63) is 94.0 Å². The number of hydrogen-bond donors (Lipinski definition) is 2. The summed E-state index contributed by atoms with van der Waals surface area (Å²) < 4.78 is 14.1. The molecule has 0 aliphatic carbocycles. The van der Waals surface area contributed by atoms with Crippen LogP contribution in [0.3, 0.4) is 0 Å². The van der Waals surface area contributed by atoms with Crippen molar-refractivity contribution in [1.82, 2.24) is 9.88 Å². The Kier molecular flexibility index (Phi) is 6.23. The number of anilines is 1. The first-order valence-corrected chi connectivity index (χ1v) is 10.5. The molecule has 0 saturated carbocycles. The third-order valence-corrected chi connectivity index (χ3v) is 6.01. The minimum atomic E-state index is -0.241. The number of likely N-dealkylation sites (tertiary alicyclic amines) is 1. The van der Waals surface area contributed by atoms with Crippen molar-refractivity contribution in [3.8, 4) is 0 Å². The number of nitrogens with zero attached hydrogens (tertiary/aromatic N) is 1. The molecule has 1 aliphatic rings. The second kappa shape index (κ2) is 9.22. The molecule has 0 spiro atoms. The fourth-order valence-electron chi connectivity index (χ4n) is 4.23. The van der Waals surface area contributed by atoms with Gasteiger partial charge in [-0.3, -0.25) is 4.79 Å². The van der Waals surface area contributed by atoms with Gasteiger partial charge < -0.3 is 15.2 Å². The molecular weight excluding hydrogens is 397 g/mol. The maximum Gasteiger partial charge on any atom is 0.209 e. The Morgan fingerprint density at radius 1 is 1.13 bits per heavy atom. The third-order valence-electron chi connectivity index (χ3n) is 5.77. The molecule has 1 saturated heterocycles. The van der Waals surface area contributed by atoms with E-state index < -0.39 is 0 Å². The number of amides is 1. The Morgan fingerprint density at radius 2 is 1.90 bits per heavy atom. The number of halogens is 1. The summed E-state index contributed by atoms with van der Waals surface area (Å²) in [5.41, 5.74) is 4.31. The lowest BCUT2D eigenvalue weighted by molar-refractivity contribution is -0.119. The molecule has 154 valence electrons. The lowest BCUT2D eigenvalue weighted by atomic mass is 9.77. The molecule has 4 rings (SSSR count). The fourth-order valence-corrected chi connectivity index (χ4v) is 4.41. The molecule has 2 atom stereocenters. The maximum absolute atomic E-state index is 13.5. The van der Waals surface area contributed by atoms with E-state index in [-0.39, 0.29) is 17.7 Å². The molecule has 0 radical (unpaired) electrons. The molecule has 1 amide bonds. The number of hydrogen-bond acceptors (Lipinski definition) is 3. The van der Waals surface area contributed by atoms with Crippen LogP contribution in [0.1, 0.15) is 34.9 Å². The molecule has 2 unspecified atom stereocenters. The third kappa shape index (κ3) is 4.60. The Balaban J connectivity index is 1.68. The van der Waals surface area contributed by atoms with Crippen LogP contribution in [0, 0.1) is 10.5 Å². The lowest BCUT2D eigenvalue weighted by Gasteiger charge is -2.38. The molecule has 4 nitrogen and oxygen atoms in total. The number of benzene rings is 2. The van der Waals surface area contributed by atoms with Gasteiger partial charge >= 0.3 is 0 Å². The van der Waals surface area contributed by atoms with E-state index >= 15 is 0 Å². The molecule has 0 bridgehead atoms. The maximum atomic E-state index is 13.5. The molecule has 1 aromatic heterocycles. The summed E-state index contributed by atoms with van der Waals surface area (Å²) in [5, 5.41) is 3.53. The van der Waals surface area contributed by atoms with Crippen molar-refractivity contribution < 1.29 is 9.18 Å². The van der Waals surface area contributed by atoms with Crippen molar-refractivity contribution in [2.75, 3.05) is 18.4 Å². The Hall–Kier alpha value is -2.99. The standard InChI is InChI=1S/C24H24FN3OS/c25-19-8-6-18(7-9-19)20-10-11-28(16-29)15-22(20)21-14-27-24(30)12-23(21)26-13-17-4-2-1-3-5-17/h1-9,12,14,16,20,22H,10-11,13,15H2,(H2,26,27,30). The molecule has 2 N–H and O–H groups in total. The minimum Gasteiger partial charge on any atom is -0.381 e. The fraction of sp³-hybridized carbons (Fsp3) is 0.250. The Bertz CT molecular complexity index is 1050. The van der Waals surface area contributed by atoms with E-state index in [9.17, 15) is 9.18 Å². The first-order valence-electron chi connectivity index (χ1n) is 10.1. The van der Waals surface area contributed by atoms with Gasteiger partial charge in [0.15, 0.2) is 0 Å². The number of rotatable bonds is 6. The van der Waals surface area contributed by atoms with Gasteiger partial charge in [-0.25, -0.2) is 4.39 Å². The molecular formula is C24H24FN3OS. The van der Waals surface area contributed by atoms with Crippen LogP contribution in [0.15, 0.2) is 66.9 Å². The number of H-pyrrole nitrogens is 1. The van der Waals surface area contributed by atoms with Gasteiger partial charge in [0.1, 0.15) is 10.5 Å². The monoisotopic (exact) mass is 421 g/mol. The number of aromatic nitrogens is 1. The van der Waals surface area contributed by atoms with E-state index in [0.29, 0.717) is 24.3 Å². The SMILES string of the molecule is O=CN1CCC(c2ccc(F)cc2)C(c2c[nH]c(=S)cc2NCc2ccccc2)C1. The molecule has 3 aromatic rings. The summed E-state index contributed by atoms with van der Waals surface area (Å²) in [5.74, 6) is 0.0117. The van der Waals surface area contributed by atoms with Gasteiger partial charge in [-0.05, 0) is 47.2 Å². The van der Waals surface area contributed by atoms with Crippen molar-refractivity contribution >= 4 is 24.3 Å². The average Bonchev–Trinajstić information content (AvgIpc) is 2.79. The summed E-state index contributed by atoms with van der Waals surface area (Å²) in [4.78, 5) is 16.5. The van der Waals surface area contributed by atoms with Crippen molar-refractivity contribution in [3.63, 3.8) is 0 Å². The van der Waals surface area contributed by atoms with E-state index in [1.807, 2.05) is 47.5 Å². The van der Waals surface area contributed by atoms with Crippen LogP contribution in [-0.4, -0.2) is 29.4 Å². The first kappa shape index (κ1) is 20.3. The molecule has 30 heavy (non-hydrogen) atoms. The Morgan fingerprint density at radius 3 is 2.63 bits per heavy atom. The van der Waals surface area contributed by atoms with E-state index in [1.54, 1.807) is 0 Å². The zero-order chi connectivity index (χ0) is 20.9. The van der Waals surface area contributed by atoms with Gasteiger partial charge in [-0.15, -0.1) is 0 Å². The normalized spacial score (nSPS) is 18.8. The average molecular weight is 422 g/mol. The van der Waals surface area contributed by atoms with Gasteiger partial charge in [0.25, 0.3) is 0 Å². The van der Waals surface area contributed by atoms with Gasteiger partial charge in [0.05, 0.1) is 0 Å². The van der Waals surface area contributed by atoms with E-state index in [1.165, 1.54) is 17.7 Å². The molecule has 6 heteroatoms. The molecule has 2 heterocycles. The van der Waals surface area contributed by atoms with E-state index in [0.717, 1.165) is 29.6 Å². The van der Waals surface area contributed by atoms with Crippen molar-refractivity contribution in [2.45, 2.75) is 24.8 Å². The van der Waals surface area contributed by atoms with Crippen LogP contribution in [0.4, 0.5) is 10.1 Å². The Labute approximate surface area is 180 Å². The number of carbonyl (C=O) groups is 1. The van der Waals surface area contributed by atoms with E-state index in [4.69, 9.17) is 12.2 Å². The molecule has 1 aliphatic heterocycles. The highest BCUT2D eigenvalue weighted by molar-refractivity contribution is 7.71. The van der Waals surface area contributed by atoms with Crippen LogP contribution in [0.5, 0.6) is 0 Å². The van der Waals surface area contributed by atoms with Crippen LogP contribution in [0.25, 0.3) is 0 Å². The number of nitrogens with one attached hydrogen (secondary N) is 2. The minimum absolute atomic E-state index is 0.0690. The second-order valence-electron chi connectivity index (χ2n) is 7.66. The van der Waals surface area contributed by atoms with Gasteiger partial charge in [0, 0.05) is 37.4 Å². The highest BCUT2D eigenvalue weighted by Crippen LogP contribution is 2.41. The lowest BCUT2D eigenvalue weighted by Crippen LogP contribution is -2.37. The highest BCUT2D eigenvalue weighted by atomic mass is 32.1. The van der Waals surface area contributed by atoms with Crippen LogP contribution in [0.2, 0.25) is 0 Å². The van der Waals surface area contributed by atoms with Crippen LogP contribution in [-0.2, 0) is 11.3 Å². The summed E-state index contributed by atoms with van der Waals surface area (Å²) >= 11 is 5.37. The number of aromatic amines is 1. The summed E-state index contributed by atoms with van der Waals surface area (Å²) in [7, 11) is 0.